The highest BCUT2D eigenvalue weighted by atomic mass is 28.4. The molecule has 0 spiro atoms. The predicted molar refractivity (Wildman–Crippen MR) is 119 cm³/mol. The standard InChI is InChI=1S/C8H20OSi.C5H12O.C3H10OSi.2CH4.H2O/c1-6-8(7-2)9-10(3,4)5;1-3-5(6)4-2;1-5(2,3)4;;;/h8H,6-7H2,1-5H3;5-6H,3-4H2,1-2H3;4H,1-3H3;2*1H4;1H2/p+1. The quantitative estimate of drug-likeness (QED) is 0.583. The SMILES string of the molecule is C.C.CCC(CC)O[Si](C)(C)C.CCC(O)CC.C[Si](C)(C)O.O.[H+]. The fourth-order valence-corrected chi connectivity index (χ4v) is 2.58. The highest BCUT2D eigenvalue weighted by molar-refractivity contribution is 6.69. The zero-order chi connectivity index (χ0) is 17.7. The van der Waals surface area contributed by atoms with Crippen LogP contribution in [0.15, 0.2) is 0 Å². The maximum Gasteiger partial charge on any atom is 1.00 e. The van der Waals surface area contributed by atoms with Crippen molar-refractivity contribution >= 4 is 16.6 Å². The van der Waals surface area contributed by atoms with Gasteiger partial charge in [0, 0.05) is 6.10 Å². The van der Waals surface area contributed by atoms with E-state index in [-0.39, 0.29) is 27.9 Å². The number of hydrogen-bond donors (Lipinski definition) is 2. The second-order valence-electron chi connectivity index (χ2n) is 7.31. The first kappa shape index (κ1) is 39.4. The fraction of sp³-hybridized carbons (Fsp3) is 1.00. The van der Waals surface area contributed by atoms with Gasteiger partial charge in [0.25, 0.3) is 0 Å². The van der Waals surface area contributed by atoms with E-state index in [1.54, 1.807) is 0 Å². The third-order valence-corrected chi connectivity index (χ3v) is 3.41. The van der Waals surface area contributed by atoms with Gasteiger partial charge in [-0.2, -0.15) is 0 Å². The molecule has 6 heteroatoms. The lowest BCUT2D eigenvalue weighted by molar-refractivity contribution is 0.166. The molecule has 0 saturated carbocycles. The van der Waals surface area contributed by atoms with E-state index in [4.69, 9.17) is 14.3 Å². The first-order valence-corrected chi connectivity index (χ1v) is 15.2. The summed E-state index contributed by atoms with van der Waals surface area (Å²) in [6.07, 6.45) is 4.52. The molecule has 0 aromatic carbocycles. The Morgan fingerprint density at radius 3 is 1.08 bits per heavy atom. The largest absolute Gasteiger partial charge is 1.00 e. The zero-order valence-electron chi connectivity index (χ0n) is 17.8. The van der Waals surface area contributed by atoms with Gasteiger partial charge in [-0.1, -0.05) is 42.5 Å². The molecule has 0 radical (unpaired) electrons. The lowest BCUT2D eigenvalue weighted by Crippen LogP contribution is -2.31. The molecule has 0 bridgehead atoms. The van der Waals surface area contributed by atoms with Crippen molar-refractivity contribution in [3.63, 3.8) is 0 Å². The molecule has 0 aliphatic heterocycles. The molecule has 0 aliphatic rings. The molecular formula is C18H53O4Si2+. The molecule has 0 aromatic heterocycles. The van der Waals surface area contributed by atoms with Crippen LogP contribution in [-0.2, 0) is 4.43 Å². The van der Waals surface area contributed by atoms with Crippen LogP contribution in [-0.4, -0.2) is 44.2 Å². The first-order valence-electron chi connectivity index (χ1n) is 8.38. The Kier molecular flexibility index (Phi) is 35.0. The Bertz CT molecular complexity index is 206. The lowest BCUT2D eigenvalue weighted by atomic mass is 10.2. The summed E-state index contributed by atoms with van der Waals surface area (Å²) in [5.74, 6) is 0. The summed E-state index contributed by atoms with van der Waals surface area (Å²) >= 11 is 0. The van der Waals surface area contributed by atoms with Crippen molar-refractivity contribution in [2.45, 2.75) is 120 Å². The van der Waals surface area contributed by atoms with Gasteiger partial charge in [0.1, 0.15) is 0 Å². The van der Waals surface area contributed by atoms with Crippen LogP contribution in [0.1, 0.15) is 69.7 Å². The van der Waals surface area contributed by atoms with Crippen LogP contribution in [0, 0.1) is 0 Å². The van der Waals surface area contributed by atoms with E-state index < -0.39 is 16.6 Å². The van der Waals surface area contributed by atoms with E-state index in [9.17, 15) is 0 Å². The van der Waals surface area contributed by atoms with Crippen LogP contribution in [0.4, 0.5) is 0 Å². The van der Waals surface area contributed by atoms with Crippen LogP contribution in [0.3, 0.4) is 0 Å². The fourth-order valence-electron chi connectivity index (χ4n) is 1.24. The van der Waals surface area contributed by atoms with Crippen LogP contribution < -0.4 is 0 Å². The van der Waals surface area contributed by atoms with Crippen molar-refractivity contribution in [3.8, 4) is 0 Å². The molecule has 4 N–H and O–H groups in total. The number of rotatable bonds is 6. The van der Waals surface area contributed by atoms with Gasteiger partial charge in [-0.25, -0.2) is 0 Å². The topological polar surface area (TPSA) is 81.2 Å². The number of aliphatic hydroxyl groups excluding tert-OH is 1. The molecule has 24 heavy (non-hydrogen) atoms. The van der Waals surface area contributed by atoms with Gasteiger partial charge in [0.2, 0.25) is 0 Å². The lowest BCUT2D eigenvalue weighted by Gasteiger charge is -2.24. The van der Waals surface area contributed by atoms with Gasteiger partial charge >= 0.3 is 1.43 Å². The Morgan fingerprint density at radius 1 is 0.792 bits per heavy atom. The maximum absolute atomic E-state index is 8.67. The molecule has 4 nitrogen and oxygen atoms in total. The summed E-state index contributed by atoms with van der Waals surface area (Å²) in [4.78, 5) is 8.66. The second-order valence-corrected chi connectivity index (χ2v) is 16.1. The Balaban J connectivity index is -0.0000000383. The number of aliphatic hydroxyl groups is 1. The third-order valence-electron chi connectivity index (χ3n) is 2.37. The summed E-state index contributed by atoms with van der Waals surface area (Å²) in [5, 5.41) is 8.67. The van der Waals surface area contributed by atoms with Crippen LogP contribution in [0.5, 0.6) is 0 Å². The van der Waals surface area contributed by atoms with Gasteiger partial charge in [-0.15, -0.1) is 0 Å². The molecule has 0 rings (SSSR count). The average Bonchev–Trinajstić information content (AvgIpc) is 2.32. The summed E-state index contributed by atoms with van der Waals surface area (Å²) in [6, 6.07) is 0. The molecular weight excluding hydrogens is 336 g/mol. The summed E-state index contributed by atoms with van der Waals surface area (Å²) < 4.78 is 5.88. The molecule has 0 fully saturated rings. The number of hydrogen-bond acceptors (Lipinski definition) is 3. The van der Waals surface area contributed by atoms with E-state index in [2.05, 4.69) is 33.5 Å². The molecule has 0 saturated heterocycles. The second kappa shape index (κ2) is 21.3. The molecule has 156 valence electrons. The highest BCUT2D eigenvalue weighted by Crippen LogP contribution is 2.11. The first-order chi connectivity index (χ1) is 9.30. The van der Waals surface area contributed by atoms with E-state index in [1.165, 1.54) is 0 Å². The van der Waals surface area contributed by atoms with Gasteiger partial charge in [0.15, 0.2) is 16.6 Å². The summed E-state index contributed by atoms with van der Waals surface area (Å²) in [5.41, 5.74) is 0. The van der Waals surface area contributed by atoms with Crippen molar-refractivity contribution in [2.75, 3.05) is 0 Å². The zero-order valence-corrected chi connectivity index (χ0v) is 18.8. The van der Waals surface area contributed by atoms with Crippen molar-refractivity contribution in [1.82, 2.24) is 0 Å². The molecule has 0 aromatic rings. The molecule has 0 aliphatic carbocycles. The summed E-state index contributed by atoms with van der Waals surface area (Å²) in [6.45, 7) is 20.7. The molecule has 0 heterocycles. The highest BCUT2D eigenvalue weighted by Gasteiger charge is 2.18. The third kappa shape index (κ3) is 57.2. The minimum absolute atomic E-state index is 0. The Labute approximate surface area is 158 Å². The van der Waals surface area contributed by atoms with Crippen molar-refractivity contribution in [2.24, 2.45) is 0 Å². The van der Waals surface area contributed by atoms with E-state index in [0.29, 0.717) is 6.10 Å². The summed E-state index contributed by atoms with van der Waals surface area (Å²) in [7, 11) is -2.87. The normalized spacial score (nSPS) is 10.2. The van der Waals surface area contributed by atoms with Crippen LogP contribution in [0.2, 0.25) is 39.3 Å². The maximum atomic E-state index is 8.67. The van der Waals surface area contributed by atoms with E-state index in [0.717, 1.165) is 25.7 Å². The monoisotopic (exact) mass is 389 g/mol. The smallest absolute Gasteiger partial charge is 0.433 e. The van der Waals surface area contributed by atoms with Gasteiger partial charge in [-0.3, -0.25) is 0 Å². The average molecular weight is 390 g/mol. The van der Waals surface area contributed by atoms with Crippen LogP contribution in [0.25, 0.3) is 0 Å². The van der Waals surface area contributed by atoms with E-state index >= 15 is 0 Å². The van der Waals surface area contributed by atoms with Gasteiger partial charge in [0.05, 0.1) is 6.10 Å². The Hall–Kier alpha value is 0.274. The van der Waals surface area contributed by atoms with Crippen molar-refractivity contribution < 1.29 is 21.2 Å². The minimum Gasteiger partial charge on any atom is -0.433 e. The molecule has 0 atom stereocenters. The van der Waals surface area contributed by atoms with Gasteiger partial charge in [-0.05, 0) is 65.0 Å². The van der Waals surface area contributed by atoms with E-state index in [1.807, 2.05) is 33.5 Å². The van der Waals surface area contributed by atoms with Crippen LogP contribution >= 0.6 is 0 Å². The Morgan fingerprint density at radius 2 is 1.04 bits per heavy atom. The van der Waals surface area contributed by atoms with Crippen molar-refractivity contribution in [3.05, 3.63) is 0 Å². The minimum atomic E-state index is -1.61. The van der Waals surface area contributed by atoms with Crippen molar-refractivity contribution in [1.29, 1.82) is 0 Å². The predicted octanol–water partition coefficient (Wildman–Crippen LogP) is 5.57. The molecule has 0 amide bonds. The molecule has 0 unspecified atom stereocenters. The van der Waals surface area contributed by atoms with Gasteiger partial charge < -0.3 is 19.8 Å².